The predicted octanol–water partition coefficient (Wildman–Crippen LogP) is 5.32. The average Bonchev–Trinajstić information content (AvgIpc) is 2.39. The van der Waals surface area contributed by atoms with Gasteiger partial charge in [-0.05, 0) is 43.7 Å². The normalized spacial score (nSPS) is 25.3. The summed E-state index contributed by atoms with van der Waals surface area (Å²) in [6, 6.07) is 6.62. The zero-order chi connectivity index (χ0) is 13.8. The molecule has 0 saturated heterocycles. The third-order valence-corrected chi connectivity index (χ3v) is 5.63. The number of rotatable bonds is 4. The first-order valence-electron chi connectivity index (χ1n) is 6.85. The standard InChI is InChI=1S/C15H21Cl2NS/c1-10(12-8-7-11(16)9-13(12)17)18-14-5-3-4-6-15(14)19-2/h7-10,14-15,18H,3-6H2,1-2H3. The van der Waals surface area contributed by atoms with Crippen molar-refractivity contribution in [3.05, 3.63) is 33.8 Å². The van der Waals surface area contributed by atoms with Gasteiger partial charge < -0.3 is 5.32 Å². The Morgan fingerprint density at radius 3 is 2.68 bits per heavy atom. The first kappa shape index (κ1) is 15.5. The van der Waals surface area contributed by atoms with Crippen LogP contribution in [0.15, 0.2) is 18.2 Å². The van der Waals surface area contributed by atoms with Gasteiger partial charge in [0.15, 0.2) is 0 Å². The van der Waals surface area contributed by atoms with Gasteiger partial charge in [-0.15, -0.1) is 0 Å². The molecule has 0 heterocycles. The van der Waals surface area contributed by atoms with Gasteiger partial charge in [-0.3, -0.25) is 0 Å². The van der Waals surface area contributed by atoms with Gasteiger partial charge in [0.1, 0.15) is 0 Å². The summed E-state index contributed by atoms with van der Waals surface area (Å²) in [5, 5.41) is 5.92. The molecule has 1 nitrogen and oxygen atoms in total. The molecule has 0 aliphatic heterocycles. The molecule has 19 heavy (non-hydrogen) atoms. The van der Waals surface area contributed by atoms with Crippen molar-refractivity contribution in [1.29, 1.82) is 0 Å². The molecule has 1 fully saturated rings. The molecule has 1 aromatic rings. The minimum Gasteiger partial charge on any atom is -0.306 e. The first-order valence-corrected chi connectivity index (χ1v) is 8.90. The largest absolute Gasteiger partial charge is 0.306 e. The van der Waals surface area contributed by atoms with Gasteiger partial charge in [-0.25, -0.2) is 0 Å². The number of halogens is 2. The monoisotopic (exact) mass is 317 g/mol. The third kappa shape index (κ3) is 4.04. The molecule has 106 valence electrons. The molecular formula is C15H21Cl2NS. The lowest BCUT2D eigenvalue weighted by Crippen LogP contribution is -2.41. The highest BCUT2D eigenvalue weighted by atomic mass is 35.5. The van der Waals surface area contributed by atoms with Crippen molar-refractivity contribution in [3.63, 3.8) is 0 Å². The van der Waals surface area contributed by atoms with Gasteiger partial charge in [0.05, 0.1) is 0 Å². The third-order valence-electron chi connectivity index (χ3n) is 3.90. The van der Waals surface area contributed by atoms with Gasteiger partial charge >= 0.3 is 0 Å². The van der Waals surface area contributed by atoms with Crippen LogP contribution in [0.3, 0.4) is 0 Å². The fourth-order valence-electron chi connectivity index (χ4n) is 2.83. The molecule has 1 N–H and O–H groups in total. The molecular weight excluding hydrogens is 297 g/mol. The molecule has 0 spiro atoms. The van der Waals surface area contributed by atoms with Crippen LogP contribution in [0.25, 0.3) is 0 Å². The van der Waals surface area contributed by atoms with Crippen molar-refractivity contribution in [1.82, 2.24) is 5.32 Å². The van der Waals surface area contributed by atoms with Crippen molar-refractivity contribution in [2.75, 3.05) is 6.26 Å². The summed E-state index contributed by atoms with van der Waals surface area (Å²) in [5.41, 5.74) is 1.14. The second kappa shape index (κ2) is 7.21. The maximum atomic E-state index is 6.28. The van der Waals surface area contributed by atoms with E-state index in [1.165, 1.54) is 25.7 Å². The highest BCUT2D eigenvalue weighted by molar-refractivity contribution is 7.99. The van der Waals surface area contributed by atoms with E-state index in [0.29, 0.717) is 11.1 Å². The van der Waals surface area contributed by atoms with Crippen LogP contribution in [-0.4, -0.2) is 17.5 Å². The summed E-state index contributed by atoms with van der Waals surface area (Å²) in [4.78, 5) is 0. The molecule has 0 aromatic heterocycles. The minimum atomic E-state index is 0.266. The van der Waals surface area contributed by atoms with Crippen LogP contribution < -0.4 is 5.32 Å². The van der Waals surface area contributed by atoms with E-state index in [4.69, 9.17) is 23.2 Å². The number of thioether (sulfide) groups is 1. The SMILES string of the molecule is CSC1CCCCC1NC(C)c1ccc(Cl)cc1Cl. The molecule has 0 amide bonds. The summed E-state index contributed by atoms with van der Waals surface area (Å²) in [6.45, 7) is 2.18. The van der Waals surface area contributed by atoms with Gasteiger partial charge in [-0.1, -0.05) is 42.1 Å². The van der Waals surface area contributed by atoms with Gasteiger partial charge in [0.25, 0.3) is 0 Å². The maximum Gasteiger partial charge on any atom is 0.0468 e. The smallest absolute Gasteiger partial charge is 0.0468 e. The summed E-state index contributed by atoms with van der Waals surface area (Å²) in [5.74, 6) is 0. The highest BCUT2D eigenvalue weighted by Crippen LogP contribution is 2.31. The van der Waals surface area contributed by atoms with Gasteiger partial charge in [0, 0.05) is 27.4 Å². The Balaban J connectivity index is 2.05. The lowest BCUT2D eigenvalue weighted by Gasteiger charge is -2.33. The second-order valence-electron chi connectivity index (χ2n) is 5.22. The van der Waals surface area contributed by atoms with E-state index in [1.54, 1.807) is 0 Å². The Labute approximate surface area is 130 Å². The van der Waals surface area contributed by atoms with Crippen molar-refractivity contribution in [3.8, 4) is 0 Å². The highest BCUT2D eigenvalue weighted by Gasteiger charge is 2.26. The summed E-state index contributed by atoms with van der Waals surface area (Å²) in [7, 11) is 0. The second-order valence-corrected chi connectivity index (χ2v) is 7.14. The summed E-state index contributed by atoms with van der Waals surface area (Å²) >= 11 is 14.2. The zero-order valence-corrected chi connectivity index (χ0v) is 13.8. The number of benzene rings is 1. The van der Waals surface area contributed by atoms with E-state index in [1.807, 2.05) is 30.0 Å². The molecule has 4 heteroatoms. The Morgan fingerprint density at radius 1 is 1.26 bits per heavy atom. The molecule has 1 saturated carbocycles. The lowest BCUT2D eigenvalue weighted by atomic mass is 9.93. The Bertz CT molecular complexity index is 425. The molecule has 3 atom stereocenters. The van der Waals surface area contributed by atoms with E-state index >= 15 is 0 Å². The zero-order valence-electron chi connectivity index (χ0n) is 11.5. The fraction of sp³-hybridized carbons (Fsp3) is 0.600. The number of hydrogen-bond acceptors (Lipinski definition) is 2. The van der Waals surface area contributed by atoms with Crippen molar-refractivity contribution >= 4 is 35.0 Å². The van der Waals surface area contributed by atoms with Crippen LogP contribution >= 0.6 is 35.0 Å². The van der Waals surface area contributed by atoms with Crippen LogP contribution in [0.1, 0.15) is 44.2 Å². The minimum absolute atomic E-state index is 0.266. The molecule has 1 aliphatic rings. The number of nitrogens with one attached hydrogen (secondary N) is 1. The van der Waals surface area contributed by atoms with Crippen LogP contribution in [0.5, 0.6) is 0 Å². The van der Waals surface area contributed by atoms with E-state index in [-0.39, 0.29) is 6.04 Å². The average molecular weight is 318 g/mol. The van der Waals surface area contributed by atoms with E-state index < -0.39 is 0 Å². The Morgan fingerprint density at radius 2 is 2.00 bits per heavy atom. The van der Waals surface area contributed by atoms with Crippen LogP contribution in [0, 0.1) is 0 Å². The molecule has 0 bridgehead atoms. The topological polar surface area (TPSA) is 12.0 Å². The van der Waals surface area contributed by atoms with Crippen LogP contribution in [-0.2, 0) is 0 Å². The Hall–Kier alpha value is 0.110. The number of hydrogen-bond donors (Lipinski definition) is 1. The molecule has 1 aromatic carbocycles. The van der Waals surface area contributed by atoms with Crippen LogP contribution in [0.2, 0.25) is 10.0 Å². The molecule has 2 rings (SSSR count). The Kier molecular flexibility index (Phi) is 5.88. The van der Waals surface area contributed by atoms with Gasteiger partial charge in [0.2, 0.25) is 0 Å². The van der Waals surface area contributed by atoms with Crippen LogP contribution in [0.4, 0.5) is 0 Å². The van der Waals surface area contributed by atoms with Crippen molar-refractivity contribution < 1.29 is 0 Å². The first-order chi connectivity index (χ1) is 9.11. The molecule has 1 aliphatic carbocycles. The lowest BCUT2D eigenvalue weighted by molar-refractivity contribution is 0.356. The van der Waals surface area contributed by atoms with E-state index in [9.17, 15) is 0 Å². The summed E-state index contributed by atoms with van der Waals surface area (Å²) in [6.07, 6.45) is 7.49. The maximum absolute atomic E-state index is 6.28. The quantitative estimate of drug-likeness (QED) is 0.806. The van der Waals surface area contributed by atoms with E-state index in [0.717, 1.165) is 15.8 Å². The van der Waals surface area contributed by atoms with Crippen molar-refractivity contribution in [2.24, 2.45) is 0 Å². The van der Waals surface area contributed by atoms with Crippen molar-refractivity contribution in [2.45, 2.75) is 49.9 Å². The molecule has 3 unspecified atom stereocenters. The van der Waals surface area contributed by atoms with Gasteiger partial charge in [-0.2, -0.15) is 11.8 Å². The van der Waals surface area contributed by atoms with E-state index in [2.05, 4.69) is 18.5 Å². The predicted molar refractivity (Wildman–Crippen MR) is 87.6 cm³/mol. The molecule has 0 radical (unpaired) electrons. The fourth-order valence-corrected chi connectivity index (χ4v) is 4.35. The summed E-state index contributed by atoms with van der Waals surface area (Å²) < 4.78 is 0.